The smallest absolute Gasteiger partial charge is 0.263 e. The highest BCUT2D eigenvalue weighted by molar-refractivity contribution is 6.35. The Morgan fingerprint density at radius 2 is 1.79 bits per heavy atom. The lowest BCUT2D eigenvalue weighted by molar-refractivity contribution is -0.117. The molecule has 2 N–H and O–H groups in total. The van der Waals surface area contributed by atoms with Crippen LogP contribution in [0.15, 0.2) is 60.3 Å². The Labute approximate surface area is 150 Å². The maximum Gasteiger partial charge on any atom is 0.263 e. The highest BCUT2D eigenvalue weighted by Gasteiger charge is 2.13. The van der Waals surface area contributed by atoms with Gasteiger partial charge in [0, 0.05) is 21.9 Å². The summed E-state index contributed by atoms with van der Waals surface area (Å²) in [4.78, 5) is 12.2. The van der Waals surface area contributed by atoms with Crippen molar-refractivity contribution in [3.63, 3.8) is 0 Å². The fourth-order valence-corrected chi connectivity index (χ4v) is 2.57. The van der Waals surface area contributed by atoms with Crippen LogP contribution in [0.4, 0.5) is 5.69 Å². The number of anilines is 1. The third-order valence-electron chi connectivity index (χ3n) is 3.26. The molecule has 0 spiro atoms. The molecule has 0 saturated heterocycles. The van der Waals surface area contributed by atoms with Crippen LogP contribution >= 0.6 is 23.2 Å². The zero-order chi connectivity index (χ0) is 17.5. The van der Waals surface area contributed by atoms with Gasteiger partial charge in [-0.2, -0.15) is 5.26 Å². The predicted molar refractivity (Wildman–Crippen MR) is 96.8 cm³/mol. The molecule has 1 atom stereocenters. The molecule has 1 unspecified atom stereocenters. The minimum Gasteiger partial charge on any atom is -0.360 e. The Kier molecular flexibility index (Phi) is 6.25. The van der Waals surface area contributed by atoms with Gasteiger partial charge in [0.15, 0.2) is 0 Å². The van der Waals surface area contributed by atoms with Crippen molar-refractivity contribution in [2.45, 2.75) is 13.0 Å². The number of carbonyl (C=O) groups excluding carboxylic acids is 1. The molecule has 2 aromatic rings. The zero-order valence-corrected chi connectivity index (χ0v) is 14.4. The van der Waals surface area contributed by atoms with E-state index in [0.717, 1.165) is 5.56 Å². The van der Waals surface area contributed by atoms with Gasteiger partial charge in [0.1, 0.15) is 11.6 Å². The van der Waals surface area contributed by atoms with E-state index in [1.165, 1.54) is 6.20 Å². The molecule has 4 nitrogen and oxygen atoms in total. The van der Waals surface area contributed by atoms with Crippen LogP contribution in [0.3, 0.4) is 0 Å². The van der Waals surface area contributed by atoms with E-state index in [9.17, 15) is 10.1 Å². The first kappa shape index (κ1) is 17.9. The Morgan fingerprint density at radius 3 is 2.38 bits per heavy atom. The number of nitrogens with one attached hydrogen (secondary N) is 2. The molecule has 0 aliphatic heterocycles. The maximum absolute atomic E-state index is 12.2. The molecule has 0 bridgehead atoms. The van der Waals surface area contributed by atoms with Crippen molar-refractivity contribution in [1.29, 1.82) is 5.26 Å². The second kappa shape index (κ2) is 8.39. The van der Waals surface area contributed by atoms with Gasteiger partial charge in [-0.25, -0.2) is 0 Å². The number of amides is 1. The normalized spacial score (nSPS) is 12.2. The fraction of sp³-hybridized carbons (Fsp3) is 0.111. The number of nitriles is 1. The Morgan fingerprint density at radius 1 is 1.17 bits per heavy atom. The van der Waals surface area contributed by atoms with Gasteiger partial charge in [-0.05, 0) is 30.7 Å². The summed E-state index contributed by atoms with van der Waals surface area (Å²) in [6.45, 7) is 1.85. The van der Waals surface area contributed by atoms with E-state index in [0.29, 0.717) is 15.7 Å². The van der Waals surface area contributed by atoms with E-state index in [-0.39, 0.29) is 11.6 Å². The van der Waals surface area contributed by atoms with Gasteiger partial charge in [-0.1, -0.05) is 53.5 Å². The van der Waals surface area contributed by atoms with E-state index in [1.807, 2.05) is 43.3 Å². The number of halogens is 2. The third-order valence-corrected chi connectivity index (χ3v) is 3.69. The molecule has 0 aromatic heterocycles. The highest BCUT2D eigenvalue weighted by Crippen LogP contribution is 2.22. The molecule has 0 heterocycles. The maximum atomic E-state index is 12.2. The molecule has 122 valence electrons. The van der Waals surface area contributed by atoms with E-state index in [4.69, 9.17) is 23.2 Å². The highest BCUT2D eigenvalue weighted by atomic mass is 35.5. The van der Waals surface area contributed by atoms with Crippen molar-refractivity contribution in [2.24, 2.45) is 0 Å². The van der Waals surface area contributed by atoms with Gasteiger partial charge < -0.3 is 10.6 Å². The third kappa shape index (κ3) is 5.02. The number of hydrogen-bond donors (Lipinski definition) is 2. The Balaban J connectivity index is 2.07. The largest absolute Gasteiger partial charge is 0.360 e. The van der Waals surface area contributed by atoms with Gasteiger partial charge in [-0.15, -0.1) is 0 Å². The van der Waals surface area contributed by atoms with Gasteiger partial charge in [-0.3, -0.25) is 4.79 Å². The lowest BCUT2D eigenvalue weighted by Gasteiger charge is -2.13. The number of benzene rings is 2. The summed E-state index contributed by atoms with van der Waals surface area (Å²) >= 11 is 11.8. The number of rotatable bonds is 5. The van der Waals surface area contributed by atoms with Crippen LogP contribution in [0, 0.1) is 11.3 Å². The van der Waals surface area contributed by atoms with E-state index in [1.54, 1.807) is 18.2 Å². The second-order valence-corrected chi connectivity index (χ2v) is 5.95. The molecular weight excluding hydrogens is 345 g/mol. The molecule has 1 amide bonds. The van der Waals surface area contributed by atoms with Crippen molar-refractivity contribution in [3.05, 3.63) is 75.9 Å². The number of hydrogen-bond acceptors (Lipinski definition) is 3. The van der Waals surface area contributed by atoms with Crippen LogP contribution in [0.5, 0.6) is 0 Å². The van der Waals surface area contributed by atoms with Crippen molar-refractivity contribution in [2.75, 3.05) is 5.32 Å². The molecule has 2 rings (SSSR count). The Bertz CT molecular complexity index is 777. The quantitative estimate of drug-likeness (QED) is 0.601. The van der Waals surface area contributed by atoms with Crippen LogP contribution in [-0.4, -0.2) is 5.91 Å². The molecular formula is C18H15Cl2N3O. The summed E-state index contributed by atoms with van der Waals surface area (Å²) in [5.41, 5.74) is 1.50. The summed E-state index contributed by atoms with van der Waals surface area (Å²) in [5.74, 6) is -0.463. The van der Waals surface area contributed by atoms with Crippen LogP contribution in [0.25, 0.3) is 0 Å². The first-order valence-corrected chi connectivity index (χ1v) is 7.94. The summed E-state index contributed by atoms with van der Waals surface area (Å²) in [6, 6.07) is 16.1. The lowest BCUT2D eigenvalue weighted by atomic mass is 10.1. The van der Waals surface area contributed by atoms with Crippen LogP contribution in [0.1, 0.15) is 18.5 Å². The molecule has 2 aromatic carbocycles. The van der Waals surface area contributed by atoms with Crippen molar-refractivity contribution >= 4 is 34.8 Å². The van der Waals surface area contributed by atoms with Gasteiger partial charge in [0.05, 0.1) is 6.04 Å². The zero-order valence-electron chi connectivity index (χ0n) is 12.9. The molecule has 0 fully saturated rings. The monoisotopic (exact) mass is 359 g/mol. The Hall–Kier alpha value is -2.48. The molecule has 24 heavy (non-hydrogen) atoms. The van der Waals surface area contributed by atoms with Crippen LogP contribution in [-0.2, 0) is 4.79 Å². The van der Waals surface area contributed by atoms with E-state index in [2.05, 4.69) is 10.6 Å². The average molecular weight is 360 g/mol. The van der Waals surface area contributed by atoms with E-state index < -0.39 is 5.91 Å². The standard InChI is InChI=1S/C18H15Cl2N3O/c1-12(13-5-3-2-4-6-13)23-18(24)14(10-21)11-22-17-8-15(19)7-16(20)9-17/h2-9,11-12,22H,1H3,(H,23,24)/b14-11-. The molecule has 0 aliphatic rings. The van der Waals surface area contributed by atoms with E-state index >= 15 is 0 Å². The SMILES string of the molecule is CC(NC(=O)/C(C#N)=C\Nc1cc(Cl)cc(Cl)c1)c1ccccc1. The van der Waals surface area contributed by atoms with Crippen molar-refractivity contribution in [1.82, 2.24) is 5.32 Å². The molecule has 0 radical (unpaired) electrons. The minimum absolute atomic E-state index is 0.0473. The van der Waals surface area contributed by atoms with Crippen molar-refractivity contribution < 1.29 is 4.79 Å². The summed E-state index contributed by atoms with van der Waals surface area (Å²) in [7, 11) is 0. The molecule has 6 heteroatoms. The number of nitrogens with zero attached hydrogens (tertiary/aromatic N) is 1. The van der Waals surface area contributed by atoms with Crippen molar-refractivity contribution in [3.8, 4) is 6.07 Å². The number of carbonyl (C=O) groups is 1. The second-order valence-electron chi connectivity index (χ2n) is 5.08. The molecule has 0 aliphatic carbocycles. The summed E-state index contributed by atoms with van der Waals surface area (Å²) in [6.07, 6.45) is 1.33. The van der Waals surface area contributed by atoms with Gasteiger partial charge in [0.25, 0.3) is 5.91 Å². The van der Waals surface area contributed by atoms with Gasteiger partial charge >= 0.3 is 0 Å². The molecule has 0 saturated carbocycles. The van der Waals surface area contributed by atoms with Crippen LogP contribution in [0.2, 0.25) is 10.0 Å². The first-order valence-electron chi connectivity index (χ1n) is 7.18. The first-order chi connectivity index (χ1) is 11.5. The summed E-state index contributed by atoms with van der Waals surface area (Å²) in [5, 5.41) is 15.8. The summed E-state index contributed by atoms with van der Waals surface area (Å²) < 4.78 is 0. The lowest BCUT2D eigenvalue weighted by Crippen LogP contribution is -2.28. The topological polar surface area (TPSA) is 64.9 Å². The fourth-order valence-electron chi connectivity index (χ4n) is 2.04. The average Bonchev–Trinajstić information content (AvgIpc) is 2.55. The van der Waals surface area contributed by atoms with Gasteiger partial charge in [0.2, 0.25) is 0 Å². The minimum atomic E-state index is -0.463. The predicted octanol–water partition coefficient (Wildman–Crippen LogP) is 4.69. The van der Waals surface area contributed by atoms with Crippen LogP contribution < -0.4 is 10.6 Å².